The largest absolute Gasteiger partial charge is 0.456 e. The van der Waals surface area contributed by atoms with Crippen LogP contribution in [-0.4, -0.2) is 28.5 Å². The number of nitrogens with zero attached hydrogens (tertiary/aromatic N) is 1. The van der Waals surface area contributed by atoms with Crippen LogP contribution in [0.25, 0.3) is 10.9 Å². The Labute approximate surface area is 172 Å². The minimum Gasteiger partial charge on any atom is -0.456 e. The number of esters is 1. The van der Waals surface area contributed by atoms with Gasteiger partial charge in [-0.3, -0.25) is 14.4 Å². The van der Waals surface area contributed by atoms with Gasteiger partial charge in [-0.2, -0.15) is 0 Å². The molecular formula is C21H20ClN3O4. The van der Waals surface area contributed by atoms with E-state index in [1.807, 2.05) is 13.0 Å². The molecule has 0 bridgehead atoms. The number of benzene rings is 2. The van der Waals surface area contributed by atoms with Crippen molar-refractivity contribution in [1.29, 1.82) is 0 Å². The fraction of sp³-hybridized carbons (Fsp3) is 0.238. The lowest BCUT2D eigenvalue weighted by Crippen LogP contribution is -2.21. The second kappa shape index (κ2) is 9.34. The van der Waals surface area contributed by atoms with Crippen molar-refractivity contribution in [3.8, 4) is 0 Å². The number of aromatic nitrogens is 2. The summed E-state index contributed by atoms with van der Waals surface area (Å²) in [6.07, 6.45) is 0.971. The molecule has 0 atom stereocenters. The van der Waals surface area contributed by atoms with Crippen molar-refractivity contribution in [3.63, 3.8) is 0 Å². The van der Waals surface area contributed by atoms with E-state index >= 15 is 0 Å². The molecule has 0 fully saturated rings. The van der Waals surface area contributed by atoms with Crippen LogP contribution < -0.4 is 10.9 Å². The van der Waals surface area contributed by atoms with Crippen LogP contribution in [0.3, 0.4) is 0 Å². The summed E-state index contributed by atoms with van der Waals surface area (Å²) < 4.78 is 4.99. The summed E-state index contributed by atoms with van der Waals surface area (Å²) in [7, 11) is 0. The summed E-state index contributed by atoms with van der Waals surface area (Å²) in [4.78, 5) is 42.9. The van der Waals surface area contributed by atoms with Crippen LogP contribution in [0.4, 0.5) is 5.69 Å². The fourth-order valence-corrected chi connectivity index (χ4v) is 2.92. The Morgan fingerprint density at radius 3 is 2.79 bits per heavy atom. The number of halogens is 1. The fourth-order valence-electron chi connectivity index (χ4n) is 2.74. The van der Waals surface area contributed by atoms with Crippen LogP contribution in [-0.2, 0) is 20.7 Å². The van der Waals surface area contributed by atoms with E-state index in [0.29, 0.717) is 40.3 Å². The van der Waals surface area contributed by atoms with Gasteiger partial charge in [0.05, 0.1) is 10.9 Å². The molecule has 0 aliphatic carbocycles. The highest BCUT2D eigenvalue weighted by molar-refractivity contribution is 6.31. The molecule has 29 heavy (non-hydrogen) atoms. The number of ether oxygens (including phenoxy) is 1. The molecule has 8 heteroatoms. The molecule has 1 aromatic heterocycles. The highest BCUT2D eigenvalue weighted by atomic mass is 35.5. The molecule has 0 aliphatic rings. The molecule has 2 aromatic carbocycles. The molecule has 1 heterocycles. The van der Waals surface area contributed by atoms with Gasteiger partial charge in [0.25, 0.3) is 11.5 Å². The zero-order valence-electron chi connectivity index (χ0n) is 15.8. The molecule has 1 amide bonds. The number of carbonyl (C=O) groups excluding carboxylic acids is 2. The summed E-state index contributed by atoms with van der Waals surface area (Å²) in [5.74, 6) is -0.431. The first-order chi connectivity index (χ1) is 13.9. The van der Waals surface area contributed by atoms with Crippen LogP contribution in [0.15, 0.2) is 47.3 Å². The third kappa shape index (κ3) is 5.65. The molecule has 0 saturated heterocycles. The second-order valence-corrected chi connectivity index (χ2v) is 6.96. The quantitative estimate of drug-likeness (QED) is 0.578. The van der Waals surface area contributed by atoms with E-state index < -0.39 is 11.9 Å². The van der Waals surface area contributed by atoms with E-state index in [-0.39, 0.29) is 18.6 Å². The SMILES string of the molecule is Cc1ccc(NC(=O)COC(=O)CCCc2nc3ccccc3c(=O)[nH]2)cc1Cl. The zero-order chi connectivity index (χ0) is 20.8. The molecule has 0 saturated carbocycles. The number of amides is 1. The van der Waals surface area contributed by atoms with Crippen molar-refractivity contribution in [3.05, 3.63) is 69.2 Å². The van der Waals surface area contributed by atoms with Crippen molar-refractivity contribution in [2.75, 3.05) is 11.9 Å². The van der Waals surface area contributed by atoms with Crippen LogP contribution in [0, 0.1) is 6.92 Å². The van der Waals surface area contributed by atoms with Crippen molar-refractivity contribution < 1.29 is 14.3 Å². The number of para-hydroxylation sites is 1. The summed E-state index contributed by atoms with van der Waals surface area (Å²) >= 11 is 6.01. The number of H-pyrrole nitrogens is 1. The Kier molecular flexibility index (Phi) is 6.61. The first-order valence-corrected chi connectivity index (χ1v) is 9.50. The maximum absolute atomic E-state index is 12.0. The molecule has 7 nitrogen and oxygen atoms in total. The first kappa shape index (κ1) is 20.5. The molecule has 3 rings (SSSR count). The van der Waals surface area contributed by atoms with Gasteiger partial charge in [0.15, 0.2) is 6.61 Å². The number of fused-ring (bicyclic) bond motifs is 1. The Balaban J connectivity index is 1.43. The Hall–Kier alpha value is -3.19. The number of aromatic amines is 1. The van der Waals surface area contributed by atoms with Gasteiger partial charge in [0.1, 0.15) is 5.82 Å². The molecule has 0 unspecified atom stereocenters. The van der Waals surface area contributed by atoms with Gasteiger partial charge in [-0.25, -0.2) is 4.98 Å². The summed E-state index contributed by atoms with van der Waals surface area (Å²) in [6.45, 7) is 1.48. The molecule has 0 spiro atoms. The molecular weight excluding hydrogens is 394 g/mol. The van der Waals surface area contributed by atoms with Crippen molar-refractivity contribution in [1.82, 2.24) is 9.97 Å². The maximum Gasteiger partial charge on any atom is 0.306 e. The minimum atomic E-state index is -0.495. The third-order valence-electron chi connectivity index (χ3n) is 4.28. The minimum absolute atomic E-state index is 0.111. The van der Waals surface area contributed by atoms with Crippen LogP contribution in [0.2, 0.25) is 5.02 Å². The first-order valence-electron chi connectivity index (χ1n) is 9.12. The Morgan fingerprint density at radius 1 is 1.21 bits per heavy atom. The molecule has 3 aromatic rings. The number of hydrogen-bond donors (Lipinski definition) is 2. The van der Waals surface area contributed by atoms with Crippen molar-refractivity contribution in [2.45, 2.75) is 26.2 Å². The van der Waals surface area contributed by atoms with Crippen LogP contribution in [0.1, 0.15) is 24.2 Å². The van der Waals surface area contributed by atoms with Crippen LogP contribution >= 0.6 is 11.6 Å². The Morgan fingerprint density at radius 2 is 2.00 bits per heavy atom. The van der Waals surface area contributed by atoms with E-state index in [9.17, 15) is 14.4 Å². The summed E-state index contributed by atoms with van der Waals surface area (Å²) in [5, 5.41) is 3.69. The summed E-state index contributed by atoms with van der Waals surface area (Å²) in [6, 6.07) is 12.2. The number of anilines is 1. The average Bonchev–Trinajstić information content (AvgIpc) is 2.69. The normalized spacial score (nSPS) is 10.7. The predicted octanol–water partition coefficient (Wildman–Crippen LogP) is 3.39. The smallest absolute Gasteiger partial charge is 0.306 e. The number of rotatable bonds is 7. The van der Waals surface area contributed by atoms with Gasteiger partial charge in [-0.15, -0.1) is 0 Å². The van der Waals surface area contributed by atoms with E-state index in [0.717, 1.165) is 5.56 Å². The molecule has 0 radical (unpaired) electrons. The average molecular weight is 414 g/mol. The van der Waals surface area contributed by atoms with Gasteiger partial charge in [0, 0.05) is 23.6 Å². The van der Waals surface area contributed by atoms with Crippen LogP contribution in [0.5, 0.6) is 0 Å². The van der Waals surface area contributed by atoms with E-state index in [1.165, 1.54) is 0 Å². The third-order valence-corrected chi connectivity index (χ3v) is 4.68. The monoisotopic (exact) mass is 413 g/mol. The number of nitrogens with one attached hydrogen (secondary N) is 2. The highest BCUT2D eigenvalue weighted by Crippen LogP contribution is 2.19. The molecule has 2 N–H and O–H groups in total. The number of carbonyl (C=O) groups is 2. The molecule has 0 aliphatic heterocycles. The topological polar surface area (TPSA) is 101 Å². The Bertz CT molecular complexity index is 1110. The van der Waals surface area contributed by atoms with Gasteiger partial charge in [-0.1, -0.05) is 29.8 Å². The van der Waals surface area contributed by atoms with Crippen molar-refractivity contribution in [2.24, 2.45) is 0 Å². The van der Waals surface area contributed by atoms with E-state index in [2.05, 4.69) is 15.3 Å². The standard InChI is InChI=1S/C21H20ClN3O4/c1-13-9-10-14(11-16(13)22)23-19(26)12-29-20(27)8-4-7-18-24-17-6-3-2-5-15(17)21(28)25-18/h2-3,5-6,9-11H,4,7-8,12H2,1H3,(H,23,26)(H,24,25,28). The number of aryl methyl sites for hydroxylation is 2. The maximum atomic E-state index is 12.0. The van der Waals surface area contributed by atoms with E-state index in [4.69, 9.17) is 16.3 Å². The van der Waals surface area contributed by atoms with Gasteiger partial charge in [-0.05, 0) is 43.2 Å². The lowest BCUT2D eigenvalue weighted by Gasteiger charge is -2.08. The molecule has 150 valence electrons. The van der Waals surface area contributed by atoms with Gasteiger partial charge >= 0.3 is 5.97 Å². The summed E-state index contributed by atoms with van der Waals surface area (Å²) in [5.41, 5.74) is 1.84. The highest BCUT2D eigenvalue weighted by Gasteiger charge is 2.10. The number of hydrogen-bond acceptors (Lipinski definition) is 5. The predicted molar refractivity (Wildman–Crippen MR) is 111 cm³/mol. The van der Waals surface area contributed by atoms with Gasteiger partial charge < -0.3 is 15.0 Å². The van der Waals surface area contributed by atoms with Crippen molar-refractivity contribution >= 4 is 40.1 Å². The second-order valence-electron chi connectivity index (χ2n) is 6.56. The van der Waals surface area contributed by atoms with E-state index in [1.54, 1.807) is 36.4 Å². The lowest BCUT2D eigenvalue weighted by atomic mass is 10.2. The zero-order valence-corrected chi connectivity index (χ0v) is 16.6. The van der Waals surface area contributed by atoms with Gasteiger partial charge in [0.2, 0.25) is 0 Å². The lowest BCUT2D eigenvalue weighted by molar-refractivity contribution is -0.147.